The largest absolute Gasteiger partial charge is 0.462 e. The Bertz CT molecular complexity index is 904. The summed E-state index contributed by atoms with van der Waals surface area (Å²) in [5.74, 6) is -0.471. The van der Waals surface area contributed by atoms with Gasteiger partial charge in [0.1, 0.15) is 6.10 Å². The number of carbonyl (C=O) groups excluding carboxylic acids is 2. The highest BCUT2D eigenvalue weighted by Gasteiger charge is 2.24. The molecule has 0 aliphatic heterocycles. The van der Waals surface area contributed by atoms with Crippen molar-refractivity contribution >= 4 is 11.9 Å². The van der Waals surface area contributed by atoms with Gasteiger partial charge in [0.25, 0.3) is 0 Å². The van der Waals surface area contributed by atoms with Gasteiger partial charge in [-0.3, -0.25) is 9.59 Å². The number of allylic oxidation sites excluding steroid dienone is 4. The summed E-state index contributed by atoms with van der Waals surface area (Å²) in [6.07, 6.45) is 51.0. The predicted octanol–water partition coefficient (Wildman–Crippen LogP) is 14.7. The minimum Gasteiger partial charge on any atom is -0.462 e. The molecule has 6 heteroatoms. The van der Waals surface area contributed by atoms with Crippen molar-refractivity contribution in [3.63, 3.8) is 0 Å². The third-order valence-corrected chi connectivity index (χ3v) is 11.5. The zero-order valence-electron chi connectivity index (χ0n) is 38.2. The lowest BCUT2D eigenvalue weighted by Gasteiger charge is -2.24. The monoisotopic (exact) mass is 804 g/mol. The van der Waals surface area contributed by atoms with Crippen molar-refractivity contribution in [1.82, 2.24) is 5.32 Å². The second-order valence-corrected chi connectivity index (χ2v) is 17.2. The lowest BCUT2D eigenvalue weighted by molar-refractivity contribution is -0.151. The second kappa shape index (κ2) is 45.4. The summed E-state index contributed by atoms with van der Waals surface area (Å²) in [5.41, 5.74) is 0. The number of aliphatic hydroxyl groups excluding tert-OH is 2. The topological polar surface area (TPSA) is 95.9 Å². The molecular weight excluding hydrogens is 707 g/mol. The van der Waals surface area contributed by atoms with Crippen LogP contribution < -0.4 is 5.32 Å². The van der Waals surface area contributed by atoms with Crippen molar-refractivity contribution in [2.45, 2.75) is 283 Å². The zero-order chi connectivity index (χ0) is 41.7. The van der Waals surface area contributed by atoms with Crippen LogP contribution in [-0.4, -0.2) is 46.9 Å². The van der Waals surface area contributed by atoms with Gasteiger partial charge in [0.15, 0.2) is 0 Å². The van der Waals surface area contributed by atoms with Gasteiger partial charge in [-0.2, -0.15) is 0 Å². The maximum atomic E-state index is 13.2. The van der Waals surface area contributed by atoms with Gasteiger partial charge < -0.3 is 20.3 Å². The molecule has 0 saturated carbocycles. The molecule has 0 aliphatic rings. The van der Waals surface area contributed by atoms with Gasteiger partial charge in [-0.25, -0.2) is 0 Å². The second-order valence-electron chi connectivity index (χ2n) is 17.2. The first kappa shape index (κ1) is 55.3. The van der Waals surface area contributed by atoms with E-state index in [1.54, 1.807) is 0 Å². The van der Waals surface area contributed by atoms with E-state index >= 15 is 0 Å². The normalized spacial score (nSPS) is 13.4. The van der Waals surface area contributed by atoms with E-state index in [9.17, 15) is 19.8 Å². The number of carbonyl (C=O) groups is 2. The summed E-state index contributed by atoms with van der Waals surface area (Å²) in [4.78, 5) is 26.1. The highest BCUT2D eigenvalue weighted by molar-refractivity contribution is 5.77. The average Bonchev–Trinajstić information content (AvgIpc) is 3.20. The van der Waals surface area contributed by atoms with Gasteiger partial charge in [-0.05, 0) is 51.4 Å². The number of hydrogen-bond donors (Lipinski definition) is 3. The molecule has 0 aromatic rings. The Labute approximate surface area is 354 Å². The van der Waals surface area contributed by atoms with Gasteiger partial charge in [0, 0.05) is 6.42 Å². The summed E-state index contributed by atoms with van der Waals surface area (Å²) < 4.78 is 5.93. The molecule has 0 fully saturated rings. The number of esters is 1. The van der Waals surface area contributed by atoms with E-state index in [1.807, 2.05) is 0 Å². The first-order chi connectivity index (χ1) is 28.0. The zero-order valence-corrected chi connectivity index (χ0v) is 38.2. The molecule has 57 heavy (non-hydrogen) atoms. The highest BCUT2D eigenvalue weighted by atomic mass is 16.5. The molecule has 0 aromatic heterocycles. The number of unbranched alkanes of at least 4 members (excludes halogenated alkanes) is 29. The van der Waals surface area contributed by atoms with E-state index in [0.29, 0.717) is 19.3 Å². The predicted molar refractivity (Wildman–Crippen MR) is 246 cm³/mol. The van der Waals surface area contributed by atoms with E-state index in [1.165, 1.54) is 148 Å². The molecule has 3 N–H and O–H groups in total. The van der Waals surface area contributed by atoms with Crippen LogP contribution in [0.3, 0.4) is 0 Å². The van der Waals surface area contributed by atoms with Crippen LogP contribution in [0.5, 0.6) is 0 Å². The van der Waals surface area contributed by atoms with E-state index in [2.05, 4.69) is 50.4 Å². The standard InChI is InChI=1S/C51H97NO5/c1-4-7-10-13-16-19-21-23-25-26-28-31-33-36-39-42-47(57-51(56)44-41-38-35-32-29-27-24-22-20-17-14-11-8-5-2)45-50(55)52-48(46-53)49(54)43-40-37-34-30-18-15-12-9-6-3/h8,11,17,20,47-49,53-54H,4-7,9-10,12-16,18-19,21-46H2,1-3H3,(H,52,55)/b11-8+,20-17+. The molecule has 3 atom stereocenters. The van der Waals surface area contributed by atoms with Gasteiger partial charge in [0.05, 0.1) is 25.2 Å². The maximum Gasteiger partial charge on any atom is 0.306 e. The lowest BCUT2D eigenvalue weighted by Crippen LogP contribution is -2.46. The minimum atomic E-state index is -0.783. The van der Waals surface area contributed by atoms with Crippen LogP contribution in [0.2, 0.25) is 0 Å². The lowest BCUT2D eigenvalue weighted by atomic mass is 10.0. The number of amides is 1. The maximum absolute atomic E-state index is 13.2. The first-order valence-electron chi connectivity index (χ1n) is 25.1. The highest BCUT2D eigenvalue weighted by Crippen LogP contribution is 2.18. The average molecular weight is 804 g/mol. The Balaban J connectivity index is 4.55. The Morgan fingerprint density at radius 3 is 1.42 bits per heavy atom. The van der Waals surface area contributed by atoms with Crippen molar-refractivity contribution in [1.29, 1.82) is 0 Å². The third kappa shape index (κ3) is 40.9. The molecular formula is C51H97NO5. The Hall–Kier alpha value is -1.66. The van der Waals surface area contributed by atoms with E-state index in [4.69, 9.17) is 4.74 Å². The summed E-state index contributed by atoms with van der Waals surface area (Å²) >= 11 is 0. The summed E-state index contributed by atoms with van der Waals surface area (Å²) in [5, 5.41) is 23.7. The molecule has 0 saturated heterocycles. The number of rotatable bonds is 45. The molecule has 336 valence electrons. The summed E-state index contributed by atoms with van der Waals surface area (Å²) in [6, 6.07) is -0.696. The summed E-state index contributed by atoms with van der Waals surface area (Å²) in [6.45, 7) is 6.37. The van der Waals surface area contributed by atoms with Crippen LogP contribution in [0.4, 0.5) is 0 Å². The van der Waals surface area contributed by atoms with Crippen LogP contribution in [-0.2, 0) is 14.3 Å². The number of ether oxygens (including phenoxy) is 1. The van der Waals surface area contributed by atoms with Crippen LogP contribution in [0.1, 0.15) is 265 Å². The molecule has 0 radical (unpaired) electrons. The van der Waals surface area contributed by atoms with Crippen LogP contribution in [0, 0.1) is 0 Å². The number of hydrogen-bond acceptors (Lipinski definition) is 5. The molecule has 6 nitrogen and oxygen atoms in total. The number of aliphatic hydroxyl groups is 2. The third-order valence-electron chi connectivity index (χ3n) is 11.5. The smallest absolute Gasteiger partial charge is 0.306 e. The molecule has 3 unspecified atom stereocenters. The van der Waals surface area contributed by atoms with Gasteiger partial charge in [0.2, 0.25) is 5.91 Å². The van der Waals surface area contributed by atoms with Crippen molar-refractivity contribution < 1.29 is 24.5 Å². The SMILES string of the molecule is CC/C=C/C/C=C/CCCCCCCCCC(=O)OC(CCCCCCCCCCCCCCCCC)CC(=O)NC(CO)C(O)CCCCCCCCCCC. The molecule has 0 spiro atoms. The van der Waals surface area contributed by atoms with Crippen molar-refractivity contribution in [2.24, 2.45) is 0 Å². The fourth-order valence-electron chi connectivity index (χ4n) is 7.76. The Morgan fingerprint density at radius 2 is 0.947 bits per heavy atom. The van der Waals surface area contributed by atoms with Crippen molar-refractivity contribution in [3.8, 4) is 0 Å². The van der Waals surface area contributed by atoms with E-state index in [-0.39, 0.29) is 24.9 Å². The first-order valence-corrected chi connectivity index (χ1v) is 25.1. The van der Waals surface area contributed by atoms with Gasteiger partial charge in [-0.15, -0.1) is 0 Å². The minimum absolute atomic E-state index is 0.0796. The quantitative estimate of drug-likeness (QED) is 0.0324. The van der Waals surface area contributed by atoms with E-state index in [0.717, 1.165) is 70.6 Å². The van der Waals surface area contributed by atoms with Crippen LogP contribution in [0.15, 0.2) is 24.3 Å². The van der Waals surface area contributed by atoms with Crippen LogP contribution >= 0.6 is 0 Å². The Kier molecular flexibility index (Phi) is 44.1. The fraction of sp³-hybridized carbons (Fsp3) is 0.882. The molecule has 0 aromatic carbocycles. The summed E-state index contributed by atoms with van der Waals surface area (Å²) in [7, 11) is 0. The molecule has 0 aliphatic carbocycles. The molecule has 1 amide bonds. The van der Waals surface area contributed by atoms with Gasteiger partial charge in [-0.1, -0.05) is 225 Å². The van der Waals surface area contributed by atoms with E-state index < -0.39 is 18.2 Å². The molecule has 0 heterocycles. The van der Waals surface area contributed by atoms with Crippen molar-refractivity contribution in [3.05, 3.63) is 24.3 Å². The van der Waals surface area contributed by atoms with Crippen LogP contribution in [0.25, 0.3) is 0 Å². The fourth-order valence-corrected chi connectivity index (χ4v) is 7.76. The number of nitrogens with one attached hydrogen (secondary N) is 1. The molecule has 0 rings (SSSR count). The molecule has 0 bridgehead atoms. The van der Waals surface area contributed by atoms with Gasteiger partial charge >= 0.3 is 5.97 Å². The Morgan fingerprint density at radius 1 is 0.526 bits per heavy atom. The van der Waals surface area contributed by atoms with Crippen molar-refractivity contribution in [2.75, 3.05) is 6.61 Å².